The van der Waals surface area contributed by atoms with Crippen molar-refractivity contribution in [1.29, 1.82) is 0 Å². The fourth-order valence-electron chi connectivity index (χ4n) is 5.67. The lowest BCUT2D eigenvalue weighted by Gasteiger charge is -2.16. The number of carbonyl (C=O) groups excluding carboxylic acids is 4. The van der Waals surface area contributed by atoms with E-state index in [0.29, 0.717) is 24.6 Å². The third-order valence-corrected chi connectivity index (χ3v) is 9.77. The van der Waals surface area contributed by atoms with E-state index in [1.807, 2.05) is 16.7 Å². The first-order valence-electron chi connectivity index (χ1n) is 15.7. The summed E-state index contributed by atoms with van der Waals surface area (Å²) in [6.45, 7) is -0.214. The van der Waals surface area contributed by atoms with Crippen LogP contribution in [0.2, 0.25) is 0 Å². The van der Waals surface area contributed by atoms with Gasteiger partial charge in [0, 0.05) is 48.9 Å². The highest BCUT2D eigenvalue weighted by Gasteiger charge is 2.44. The molecule has 3 aliphatic heterocycles. The number of aliphatic hydroxyl groups is 3. The quantitative estimate of drug-likeness (QED) is 0.0368. The zero-order valence-corrected chi connectivity index (χ0v) is 26.6. The molecule has 17 nitrogen and oxygen atoms in total. The first kappa shape index (κ1) is 36.1. The topological polar surface area (TPSA) is 253 Å². The van der Waals surface area contributed by atoms with Crippen molar-refractivity contribution in [2.75, 3.05) is 25.6 Å². The molecule has 0 bridgehead atoms. The second-order valence-electron chi connectivity index (χ2n) is 11.7. The number of carbonyl (C=O) groups is 4. The standard InChI is InChI=1S/C29H43N7O10S/c37-13-18-24(41)25(42)26(46-18)16-12-36(29(45)35-27(16)43)11-9-22(40)32-15-31-21(39)7-2-1-5-10-30-20(38)8-4-3-6-19-23-17(14-47-19)33-28(44)34-23/h9,11-12,17-19,23-26,37,41-42H,1-8,10,13-15H2,(H,30,38)(H,31,39)(H,32,40)(H2,33,34,44)(H,35,43,45)/b11-9+. The number of hydrogen-bond acceptors (Lipinski definition) is 11. The van der Waals surface area contributed by atoms with E-state index in [4.69, 9.17) is 4.74 Å². The summed E-state index contributed by atoms with van der Waals surface area (Å²) in [6.07, 6.45) is 3.21. The number of nitrogens with zero attached hydrogens (tertiary/aromatic N) is 1. The molecule has 4 heterocycles. The molecule has 0 saturated carbocycles. The SMILES string of the molecule is O=C(/C=C/n1cc(C2OC(CO)C(O)C2O)c(=O)[nH]c1=O)NCNC(=O)CCCCCNC(=O)CCCCC1SCC2NC(=O)NC21. The number of H-pyrrole nitrogens is 1. The number of fused-ring (bicyclic) bond motifs is 1. The van der Waals surface area contributed by atoms with Crippen LogP contribution in [0.4, 0.5) is 4.79 Å². The summed E-state index contributed by atoms with van der Waals surface area (Å²) in [5.74, 6) is 0.0194. The summed E-state index contributed by atoms with van der Waals surface area (Å²) in [7, 11) is 0. The molecule has 3 fully saturated rings. The summed E-state index contributed by atoms with van der Waals surface area (Å²) in [5, 5.41) is 43.6. The molecule has 1 aromatic heterocycles. The summed E-state index contributed by atoms with van der Waals surface area (Å²) in [5.41, 5.74) is -1.91. The summed E-state index contributed by atoms with van der Waals surface area (Å²) < 4.78 is 6.22. The van der Waals surface area contributed by atoms with Crippen LogP contribution >= 0.6 is 11.8 Å². The number of rotatable bonds is 17. The molecule has 18 heteroatoms. The van der Waals surface area contributed by atoms with Crippen molar-refractivity contribution in [3.63, 3.8) is 0 Å². The number of amides is 5. The molecular weight excluding hydrogens is 638 g/mol. The van der Waals surface area contributed by atoms with Gasteiger partial charge in [-0.25, -0.2) is 9.59 Å². The van der Waals surface area contributed by atoms with E-state index < -0.39 is 48.2 Å². The Hall–Kier alpha value is -3.71. The average molecular weight is 682 g/mol. The van der Waals surface area contributed by atoms with Gasteiger partial charge in [0.1, 0.15) is 24.4 Å². The molecular formula is C29H43N7O10S. The first-order valence-corrected chi connectivity index (χ1v) is 16.8. The number of nitrogens with one attached hydrogen (secondary N) is 6. The number of unbranched alkanes of at least 4 members (excludes halogenated alkanes) is 3. The van der Waals surface area contributed by atoms with Gasteiger partial charge >= 0.3 is 11.7 Å². The summed E-state index contributed by atoms with van der Waals surface area (Å²) >= 11 is 1.86. The van der Waals surface area contributed by atoms with Gasteiger partial charge in [-0.1, -0.05) is 12.8 Å². The monoisotopic (exact) mass is 681 g/mol. The largest absolute Gasteiger partial charge is 0.394 e. The van der Waals surface area contributed by atoms with Gasteiger partial charge in [-0.05, 0) is 25.7 Å². The Bertz CT molecular complexity index is 1420. The molecule has 47 heavy (non-hydrogen) atoms. The minimum Gasteiger partial charge on any atom is -0.394 e. The lowest BCUT2D eigenvalue weighted by Crippen LogP contribution is -2.36. The van der Waals surface area contributed by atoms with E-state index in [2.05, 4.69) is 26.6 Å². The minimum atomic E-state index is -1.52. The van der Waals surface area contributed by atoms with Crippen molar-refractivity contribution < 1.29 is 39.2 Å². The van der Waals surface area contributed by atoms with Gasteiger partial charge < -0.3 is 46.6 Å². The number of hydrogen-bond donors (Lipinski definition) is 9. The van der Waals surface area contributed by atoms with Crippen LogP contribution in [-0.2, 0) is 19.1 Å². The molecule has 4 rings (SSSR count). The van der Waals surface area contributed by atoms with E-state index in [1.165, 1.54) is 0 Å². The minimum absolute atomic E-state index is 0.00356. The van der Waals surface area contributed by atoms with E-state index in [-0.39, 0.29) is 48.6 Å². The van der Waals surface area contributed by atoms with Crippen molar-refractivity contribution in [2.24, 2.45) is 0 Å². The van der Waals surface area contributed by atoms with Gasteiger partial charge in [-0.15, -0.1) is 0 Å². The third-order valence-electron chi connectivity index (χ3n) is 8.26. The molecule has 0 spiro atoms. The van der Waals surface area contributed by atoms with Crippen molar-refractivity contribution >= 4 is 41.7 Å². The van der Waals surface area contributed by atoms with Crippen molar-refractivity contribution in [3.05, 3.63) is 38.7 Å². The van der Waals surface area contributed by atoms with Gasteiger partial charge in [-0.2, -0.15) is 11.8 Å². The number of aromatic nitrogens is 2. The lowest BCUT2D eigenvalue weighted by atomic mass is 10.0. The van der Waals surface area contributed by atoms with Crippen molar-refractivity contribution in [1.82, 2.24) is 36.1 Å². The van der Waals surface area contributed by atoms with Crippen molar-refractivity contribution in [3.8, 4) is 0 Å². The number of ether oxygens (including phenoxy) is 1. The number of aliphatic hydroxyl groups excluding tert-OH is 3. The fourth-order valence-corrected chi connectivity index (χ4v) is 7.22. The van der Waals surface area contributed by atoms with Crippen LogP contribution in [0, 0.1) is 0 Å². The predicted molar refractivity (Wildman–Crippen MR) is 170 cm³/mol. The normalized spacial score (nSPS) is 26.5. The fraction of sp³-hybridized carbons (Fsp3) is 0.655. The Labute approximate surface area is 274 Å². The molecule has 1 aromatic rings. The van der Waals surface area contributed by atoms with E-state index in [9.17, 15) is 44.1 Å². The molecule has 3 saturated heterocycles. The van der Waals surface area contributed by atoms with Crippen LogP contribution < -0.4 is 37.8 Å². The number of thioether (sulfide) groups is 1. The molecule has 260 valence electrons. The molecule has 7 unspecified atom stereocenters. The smallest absolute Gasteiger partial charge is 0.332 e. The zero-order valence-electron chi connectivity index (χ0n) is 25.8. The van der Waals surface area contributed by atoms with Crippen LogP contribution in [-0.4, -0.2) is 110 Å². The Morgan fingerprint density at radius 1 is 0.979 bits per heavy atom. The van der Waals surface area contributed by atoms with Gasteiger partial charge in [-0.3, -0.25) is 28.7 Å². The van der Waals surface area contributed by atoms with Crippen LogP contribution in [0.3, 0.4) is 0 Å². The molecule has 0 aliphatic carbocycles. The lowest BCUT2D eigenvalue weighted by molar-refractivity contribution is -0.122. The highest BCUT2D eigenvalue weighted by molar-refractivity contribution is 8.00. The van der Waals surface area contributed by atoms with Gasteiger partial charge in [0.15, 0.2) is 0 Å². The Morgan fingerprint density at radius 2 is 1.72 bits per heavy atom. The number of aromatic amines is 1. The predicted octanol–water partition coefficient (Wildman–Crippen LogP) is -2.25. The van der Waals surface area contributed by atoms with Crippen LogP contribution in [0.15, 0.2) is 21.9 Å². The van der Waals surface area contributed by atoms with E-state index in [0.717, 1.165) is 60.9 Å². The highest BCUT2D eigenvalue weighted by Crippen LogP contribution is 2.33. The molecule has 0 aromatic carbocycles. The van der Waals surface area contributed by atoms with Crippen LogP contribution in [0.25, 0.3) is 6.20 Å². The van der Waals surface area contributed by atoms with Gasteiger partial charge in [0.05, 0.1) is 30.9 Å². The maximum absolute atomic E-state index is 12.3. The Morgan fingerprint density at radius 3 is 2.47 bits per heavy atom. The van der Waals surface area contributed by atoms with Crippen LogP contribution in [0.1, 0.15) is 63.0 Å². The summed E-state index contributed by atoms with van der Waals surface area (Å²) in [6, 6.07) is 0.290. The Kier molecular flexibility index (Phi) is 13.4. The molecule has 0 radical (unpaired) electrons. The van der Waals surface area contributed by atoms with E-state index in [1.54, 1.807) is 0 Å². The first-order chi connectivity index (χ1) is 22.6. The molecule has 7 atom stereocenters. The maximum Gasteiger partial charge on any atom is 0.332 e. The maximum atomic E-state index is 12.3. The second-order valence-corrected chi connectivity index (χ2v) is 12.9. The third kappa shape index (κ3) is 10.1. The number of urea groups is 1. The average Bonchev–Trinajstić information content (AvgIpc) is 3.68. The zero-order chi connectivity index (χ0) is 33.9. The van der Waals surface area contributed by atoms with Crippen LogP contribution in [0.5, 0.6) is 0 Å². The molecule has 9 N–H and O–H groups in total. The summed E-state index contributed by atoms with van der Waals surface area (Å²) in [4.78, 5) is 74.3. The highest BCUT2D eigenvalue weighted by atomic mass is 32.2. The van der Waals surface area contributed by atoms with Gasteiger partial charge in [0.25, 0.3) is 5.56 Å². The molecule has 5 amide bonds. The second kappa shape index (κ2) is 17.4. The van der Waals surface area contributed by atoms with Gasteiger partial charge in [0.2, 0.25) is 17.7 Å². The molecule has 3 aliphatic rings. The van der Waals surface area contributed by atoms with E-state index >= 15 is 0 Å². The Balaban J connectivity index is 1.03. The van der Waals surface area contributed by atoms with Crippen molar-refractivity contribution in [2.45, 2.75) is 93.1 Å².